The molecule has 0 saturated carbocycles. The average Bonchev–Trinajstić information content (AvgIpc) is 2.77. The smallest absolute Gasteiger partial charge is 0.407 e. The maximum atomic E-state index is 12.6. The minimum Gasteiger partial charge on any atom is -0.492 e. The number of aromatic nitrogens is 1. The van der Waals surface area contributed by atoms with E-state index >= 15 is 0 Å². The molecule has 0 saturated heterocycles. The van der Waals surface area contributed by atoms with Gasteiger partial charge in [-0.1, -0.05) is 26.8 Å². The van der Waals surface area contributed by atoms with E-state index < -0.39 is 17.6 Å². The van der Waals surface area contributed by atoms with Gasteiger partial charge >= 0.3 is 6.09 Å². The molecule has 9 nitrogen and oxygen atoms in total. The molecule has 0 aliphatic rings. The molecular weight excluding hydrogens is 422 g/mol. The molecule has 0 aliphatic carbocycles. The highest BCUT2D eigenvalue weighted by atomic mass is 16.6. The van der Waals surface area contributed by atoms with Crippen molar-refractivity contribution in [2.75, 3.05) is 25.5 Å². The van der Waals surface area contributed by atoms with Gasteiger partial charge in [0.25, 0.3) is 5.91 Å². The zero-order chi connectivity index (χ0) is 24.9. The van der Waals surface area contributed by atoms with Crippen LogP contribution in [-0.2, 0) is 9.53 Å². The van der Waals surface area contributed by atoms with Crippen molar-refractivity contribution in [3.63, 3.8) is 0 Å². The average molecular weight is 458 g/mol. The van der Waals surface area contributed by atoms with E-state index in [1.165, 1.54) is 7.05 Å². The molecule has 0 atom stereocenters. The third-order valence-corrected chi connectivity index (χ3v) is 3.78. The predicted molar refractivity (Wildman–Crippen MR) is 134 cm³/mol. The molecule has 2 N–H and O–H groups in total. The molecular formula is C24H35N5O4. The summed E-state index contributed by atoms with van der Waals surface area (Å²) >= 11 is 0. The van der Waals surface area contributed by atoms with Crippen molar-refractivity contribution in [3.8, 4) is 5.75 Å². The molecule has 2 aromatic rings. The van der Waals surface area contributed by atoms with Crippen LogP contribution in [0.3, 0.4) is 0 Å². The number of nitrogens with zero attached hydrogens (tertiary/aromatic N) is 3. The number of anilines is 1. The Morgan fingerprint density at radius 3 is 2.58 bits per heavy atom. The summed E-state index contributed by atoms with van der Waals surface area (Å²) in [6.45, 7) is 11.8. The van der Waals surface area contributed by atoms with Crippen LogP contribution in [0.2, 0.25) is 0 Å². The topological polar surface area (TPSA) is 114 Å². The number of aliphatic imine (C=N–C) groups is 2. The van der Waals surface area contributed by atoms with E-state index in [0.29, 0.717) is 23.4 Å². The first-order valence-electron chi connectivity index (χ1n) is 11.0. The van der Waals surface area contributed by atoms with E-state index in [0.717, 1.165) is 5.39 Å². The zero-order valence-electron chi connectivity index (χ0n) is 20.6. The lowest BCUT2D eigenvalue weighted by Gasteiger charge is -2.19. The Hall–Kier alpha value is -3.49. The van der Waals surface area contributed by atoms with E-state index in [1.807, 2.05) is 32.9 Å². The Balaban J connectivity index is 0.00000265. The predicted octanol–water partition coefficient (Wildman–Crippen LogP) is 4.61. The summed E-state index contributed by atoms with van der Waals surface area (Å²) in [4.78, 5) is 36.6. The van der Waals surface area contributed by atoms with Gasteiger partial charge in [0.15, 0.2) is 0 Å². The van der Waals surface area contributed by atoms with Gasteiger partial charge in [0.05, 0.1) is 17.7 Å². The van der Waals surface area contributed by atoms with Gasteiger partial charge in [-0.3, -0.25) is 14.8 Å². The largest absolute Gasteiger partial charge is 0.492 e. The Kier molecular flexibility index (Phi) is 11.5. The summed E-state index contributed by atoms with van der Waals surface area (Å²) in [6, 6.07) is 7.16. The second-order valence-electron chi connectivity index (χ2n) is 7.54. The number of ether oxygens (including phenoxy) is 2. The number of amides is 2. The van der Waals surface area contributed by atoms with Crippen molar-refractivity contribution in [2.24, 2.45) is 9.98 Å². The third kappa shape index (κ3) is 9.67. The van der Waals surface area contributed by atoms with Crippen molar-refractivity contribution in [1.29, 1.82) is 0 Å². The highest BCUT2D eigenvalue weighted by Gasteiger charge is 2.16. The number of carbonyl (C=O) groups is 2. The molecule has 33 heavy (non-hydrogen) atoms. The van der Waals surface area contributed by atoms with Crippen LogP contribution in [0, 0.1) is 0 Å². The molecule has 180 valence electrons. The normalized spacial score (nSPS) is 11.5. The van der Waals surface area contributed by atoms with Gasteiger partial charge in [0.1, 0.15) is 18.0 Å². The van der Waals surface area contributed by atoms with E-state index in [9.17, 15) is 9.59 Å². The number of hydrogen-bond donors (Lipinski definition) is 2. The number of benzene rings is 1. The van der Waals surface area contributed by atoms with Crippen molar-refractivity contribution >= 4 is 40.6 Å². The van der Waals surface area contributed by atoms with Gasteiger partial charge in [0.2, 0.25) is 5.84 Å². The summed E-state index contributed by atoms with van der Waals surface area (Å²) in [5, 5.41) is 6.23. The van der Waals surface area contributed by atoms with Crippen molar-refractivity contribution in [1.82, 2.24) is 10.3 Å². The van der Waals surface area contributed by atoms with E-state index in [2.05, 4.69) is 25.6 Å². The fourth-order valence-electron chi connectivity index (χ4n) is 2.55. The Bertz CT molecular complexity index is 980. The van der Waals surface area contributed by atoms with Gasteiger partial charge in [-0.05, 0) is 39.3 Å². The summed E-state index contributed by atoms with van der Waals surface area (Å²) in [6.07, 6.45) is 3.45. The molecule has 0 fully saturated rings. The van der Waals surface area contributed by atoms with Crippen LogP contribution in [-0.4, -0.2) is 54.8 Å². The first-order chi connectivity index (χ1) is 15.7. The lowest BCUT2D eigenvalue weighted by atomic mass is 10.1. The second-order valence-corrected chi connectivity index (χ2v) is 7.54. The first kappa shape index (κ1) is 27.5. The minimum absolute atomic E-state index is 0.0683. The zero-order valence-corrected chi connectivity index (χ0v) is 20.6. The summed E-state index contributed by atoms with van der Waals surface area (Å²) in [5.74, 6) is 0.149. The van der Waals surface area contributed by atoms with Gasteiger partial charge in [-0.2, -0.15) is 0 Å². The molecule has 0 bridgehead atoms. The van der Waals surface area contributed by atoms with E-state index in [4.69, 9.17) is 9.47 Å². The molecule has 0 unspecified atom stereocenters. The SMILES string of the molecule is CC.CCC=NC(=NC)C(=O)Nc1cc(OCCNC(=O)OC(C)(C)C)cc2cccnc12. The molecule has 0 radical (unpaired) electrons. The maximum absolute atomic E-state index is 12.6. The molecule has 2 rings (SSSR count). The van der Waals surface area contributed by atoms with Crippen LogP contribution in [0.1, 0.15) is 48.0 Å². The Morgan fingerprint density at radius 1 is 1.21 bits per heavy atom. The van der Waals surface area contributed by atoms with Gasteiger partial charge in [-0.15, -0.1) is 0 Å². The molecule has 0 aliphatic heterocycles. The van der Waals surface area contributed by atoms with E-state index in [-0.39, 0.29) is 19.0 Å². The third-order valence-electron chi connectivity index (χ3n) is 3.78. The van der Waals surface area contributed by atoms with Gasteiger partial charge < -0.3 is 20.1 Å². The lowest BCUT2D eigenvalue weighted by molar-refractivity contribution is -0.110. The second kappa shape index (κ2) is 13.8. The van der Waals surface area contributed by atoms with Crippen molar-refractivity contribution < 1.29 is 19.1 Å². The highest BCUT2D eigenvalue weighted by molar-refractivity contribution is 6.43. The molecule has 1 aromatic carbocycles. The molecule has 1 heterocycles. The minimum atomic E-state index is -0.564. The summed E-state index contributed by atoms with van der Waals surface area (Å²) in [7, 11) is 1.51. The number of nitrogens with one attached hydrogen (secondary N) is 2. The molecule has 9 heteroatoms. The summed E-state index contributed by atoms with van der Waals surface area (Å²) < 4.78 is 10.9. The number of pyridine rings is 1. The number of amidine groups is 1. The first-order valence-corrected chi connectivity index (χ1v) is 11.0. The fourth-order valence-corrected chi connectivity index (χ4v) is 2.55. The number of alkyl carbamates (subject to hydrolysis) is 1. The number of rotatable bonds is 6. The van der Waals surface area contributed by atoms with E-state index in [1.54, 1.807) is 45.3 Å². The van der Waals surface area contributed by atoms with Crippen LogP contribution in [0.15, 0.2) is 40.4 Å². The maximum Gasteiger partial charge on any atom is 0.407 e. The van der Waals surface area contributed by atoms with Crippen LogP contribution in [0.4, 0.5) is 10.5 Å². The Labute approximate surface area is 195 Å². The Morgan fingerprint density at radius 2 is 1.94 bits per heavy atom. The molecule has 1 aromatic heterocycles. The van der Waals surface area contributed by atoms with Crippen LogP contribution in [0.25, 0.3) is 10.9 Å². The van der Waals surface area contributed by atoms with Crippen LogP contribution >= 0.6 is 0 Å². The molecule has 2 amide bonds. The molecule has 0 spiro atoms. The summed E-state index contributed by atoms with van der Waals surface area (Å²) in [5.41, 5.74) is 0.529. The quantitative estimate of drug-likeness (QED) is 0.373. The number of carbonyl (C=O) groups excluding carboxylic acids is 2. The highest BCUT2D eigenvalue weighted by Crippen LogP contribution is 2.28. The number of fused-ring (bicyclic) bond motifs is 1. The van der Waals surface area contributed by atoms with Crippen molar-refractivity contribution in [3.05, 3.63) is 30.5 Å². The van der Waals surface area contributed by atoms with Crippen molar-refractivity contribution in [2.45, 2.75) is 53.6 Å². The standard InChI is InChI=1S/C22H29N5O4.C2H6/c1-6-9-25-19(23-5)20(28)27-17-14-16(13-15-8-7-10-24-18(15)17)30-12-11-26-21(29)31-22(2,3)4;1-2/h7-10,13-14H,6,11-12H2,1-5H3,(H,26,29)(H,27,28);1-2H3. The fraction of sp³-hybridized carbons (Fsp3) is 0.458. The van der Waals surface area contributed by atoms with Gasteiger partial charge in [0, 0.05) is 30.9 Å². The number of hydrogen-bond acceptors (Lipinski definition) is 6. The van der Waals surface area contributed by atoms with Crippen LogP contribution in [0.5, 0.6) is 5.75 Å². The van der Waals surface area contributed by atoms with Gasteiger partial charge in [-0.25, -0.2) is 9.79 Å². The lowest BCUT2D eigenvalue weighted by Crippen LogP contribution is -2.34. The van der Waals surface area contributed by atoms with Crippen LogP contribution < -0.4 is 15.4 Å². The monoisotopic (exact) mass is 457 g/mol.